The number of fused-ring (bicyclic) bond motifs is 1. The molecule has 2 aromatic carbocycles. The summed E-state index contributed by atoms with van der Waals surface area (Å²) in [5.74, 6) is 0.588. The van der Waals surface area contributed by atoms with Gasteiger partial charge in [0, 0.05) is 30.0 Å². The standard InChI is InChI=1S/C21H24ClN5O/c22-17-6-2-1-4-14(17)12-27-10-8-16(9-11-27)28-13-15-5-3-7-18-19(15)20(23)26-21(24)25-18/h1-7,16H,8-13H2,(H4,23,24,25,26). The summed E-state index contributed by atoms with van der Waals surface area (Å²) in [5, 5.41) is 1.66. The maximum atomic E-state index is 6.28. The van der Waals surface area contributed by atoms with E-state index in [1.807, 2.05) is 36.4 Å². The van der Waals surface area contributed by atoms with Crippen LogP contribution in [0.5, 0.6) is 0 Å². The van der Waals surface area contributed by atoms with Crippen LogP contribution in [0.2, 0.25) is 5.02 Å². The molecule has 0 aliphatic carbocycles. The third-order valence-electron chi connectivity index (χ3n) is 5.22. The Morgan fingerprint density at radius 1 is 1.00 bits per heavy atom. The van der Waals surface area contributed by atoms with E-state index in [1.165, 1.54) is 5.56 Å². The van der Waals surface area contributed by atoms with Crippen molar-refractivity contribution in [1.82, 2.24) is 14.9 Å². The first-order valence-electron chi connectivity index (χ1n) is 9.48. The van der Waals surface area contributed by atoms with Gasteiger partial charge in [-0.25, -0.2) is 4.98 Å². The zero-order chi connectivity index (χ0) is 19.5. The molecule has 1 aromatic heterocycles. The molecule has 4 N–H and O–H groups in total. The number of piperidine rings is 1. The summed E-state index contributed by atoms with van der Waals surface area (Å²) in [7, 11) is 0. The molecule has 146 valence electrons. The number of aromatic nitrogens is 2. The quantitative estimate of drug-likeness (QED) is 0.683. The number of nitrogens with two attached hydrogens (primary N) is 2. The second-order valence-electron chi connectivity index (χ2n) is 7.16. The highest BCUT2D eigenvalue weighted by molar-refractivity contribution is 6.31. The van der Waals surface area contributed by atoms with Gasteiger partial charge in [0.25, 0.3) is 0 Å². The monoisotopic (exact) mass is 397 g/mol. The van der Waals surface area contributed by atoms with Crippen LogP contribution >= 0.6 is 11.6 Å². The minimum absolute atomic E-state index is 0.189. The minimum atomic E-state index is 0.189. The van der Waals surface area contributed by atoms with Gasteiger partial charge in [0.1, 0.15) is 5.82 Å². The second-order valence-corrected chi connectivity index (χ2v) is 7.56. The summed E-state index contributed by atoms with van der Waals surface area (Å²) >= 11 is 6.28. The van der Waals surface area contributed by atoms with Crippen LogP contribution in [0.1, 0.15) is 24.0 Å². The number of nitrogens with zero attached hydrogens (tertiary/aromatic N) is 3. The molecule has 2 heterocycles. The normalized spacial score (nSPS) is 15.9. The number of halogens is 1. The smallest absolute Gasteiger partial charge is 0.222 e. The number of hydrogen-bond acceptors (Lipinski definition) is 6. The zero-order valence-corrected chi connectivity index (χ0v) is 16.4. The van der Waals surface area contributed by atoms with E-state index in [1.54, 1.807) is 0 Å². The number of nitrogen functional groups attached to an aromatic ring is 2. The lowest BCUT2D eigenvalue weighted by Crippen LogP contribution is -2.36. The van der Waals surface area contributed by atoms with Gasteiger partial charge in [0.2, 0.25) is 5.95 Å². The molecule has 7 heteroatoms. The minimum Gasteiger partial charge on any atom is -0.383 e. The van der Waals surface area contributed by atoms with Crippen LogP contribution < -0.4 is 11.5 Å². The Hall–Kier alpha value is -2.41. The predicted octanol–water partition coefficient (Wildman–Crippen LogP) is 3.63. The SMILES string of the molecule is Nc1nc(N)c2c(COC3CCN(Cc4ccccc4Cl)CC3)cccc2n1. The van der Waals surface area contributed by atoms with Gasteiger partial charge in [-0.3, -0.25) is 4.90 Å². The van der Waals surface area contributed by atoms with Crippen LogP contribution in [0.4, 0.5) is 11.8 Å². The van der Waals surface area contributed by atoms with Gasteiger partial charge in [0.15, 0.2) is 0 Å². The maximum Gasteiger partial charge on any atom is 0.222 e. The van der Waals surface area contributed by atoms with Crippen molar-refractivity contribution in [1.29, 1.82) is 0 Å². The molecule has 0 amide bonds. The summed E-state index contributed by atoms with van der Waals surface area (Å²) in [6.07, 6.45) is 2.22. The third kappa shape index (κ3) is 4.19. The summed E-state index contributed by atoms with van der Waals surface area (Å²) in [6, 6.07) is 13.9. The largest absolute Gasteiger partial charge is 0.383 e. The number of ether oxygens (including phenoxy) is 1. The molecule has 1 aliphatic heterocycles. The first-order chi connectivity index (χ1) is 13.6. The average molecular weight is 398 g/mol. The summed E-state index contributed by atoms with van der Waals surface area (Å²) in [5.41, 5.74) is 14.7. The van der Waals surface area contributed by atoms with Crippen molar-refractivity contribution < 1.29 is 4.74 Å². The molecular weight excluding hydrogens is 374 g/mol. The molecule has 4 rings (SSSR count). The van der Waals surface area contributed by atoms with Crippen molar-refractivity contribution in [2.45, 2.75) is 32.1 Å². The number of rotatable bonds is 5. The predicted molar refractivity (Wildman–Crippen MR) is 113 cm³/mol. The Balaban J connectivity index is 1.35. The lowest BCUT2D eigenvalue weighted by atomic mass is 10.1. The van der Waals surface area contributed by atoms with E-state index in [2.05, 4.69) is 20.9 Å². The molecule has 28 heavy (non-hydrogen) atoms. The highest BCUT2D eigenvalue weighted by atomic mass is 35.5. The van der Waals surface area contributed by atoms with Gasteiger partial charge in [-0.05, 0) is 36.1 Å². The molecule has 0 bridgehead atoms. The molecule has 1 saturated heterocycles. The van der Waals surface area contributed by atoms with E-state index in [4.69, 9.17) is 27.8 Å². The number of anilines is 2. The molecular formula is C21H24ClN5O. The molecule has 3 aromatic rings. The van der Waals surface area contributed by atoms with Crippen LogP contribution in [0, 0.1) is 0 Å². The fourth-order valence-corrected chi connectivity index (χ4v) is 3.93. The van der Waals surface area contributed by atoms with Gasteiger partial charge in [-0.2, -0.15) is 4.98 Å². The lowest BCUT2D eigenvalue weighted by molar-refractivity contribution is -0.00349. The molecule has 0 saturated carbocycles. The molecule has 0 spiro atoms. The molecule has 1 fully saturated rings. The van der Waals surface area contributed by atoms with E-state index in [9.17, 15) is 0 Å². The summed E-state index contributed by atoms with van der Waals surface area (Å²) in [4.78, 5) is 10.8. The van der Waals surface area contributed by atoms with Crippen molar-refractivity contribution in [3.8, 4) is 0 Å². The van der Waals surface area contributed by atoms with E-state index in [0.29, 0.717) is 12.4 Å². The molecule has 6 nitrogen and oxygen atoms in total. The van der Waals surface area contributed by atoms with Crippen LogP contribution in [-0.2, 0) is 17.9 Å². The second kappa shape index (κ2) is 8.31. The van der Waals surface area contributed by atoms with Crippen molar-refractivity contribution in [2.24, 2.45) is 0 Å². The molecule has 1 aliphatic rings. The third-order valence-corrected chi connectivity index (χ3v) is 5.58. The van der Waals surface area contributed by atoms with Crippen molar-refractivity contribution >= 4 is 34.3 Å². The fraction of sp³-hybridized carbons (Fsp3) is 0.333. The van der Waals surface area contributed by atoms with Crippen LogP contribution in [0.25, 0.3) is 10.9 Å². The van der Waals surface area contributed by atoms with Crippen LogP contribution in [-0.4, -0.2) is 34.1 Å². The van der Waals surface area contributed by atoms with Crippen LogP contribution in [0.15, 0.2) is 42.5 Å². The van der Waals surface area contributed by atoms with Crippen molar-refractivity contribution in [2.75, 3.05) is 24.6 Å². The van der Waals surface area contributed by atoms with Gasteiger partial charge in [-0.1, -0.05) is 41.9 Å². The highest BCUT2D eigenvalue weighted by Gasteiger charge is 2.21. The van der Waals surface area contributed by atoms with Gasteiger partial charge >= 0.3 is 0 Å². The van der Waals surface area contributed by atoms with Crippen LogP contribution in [0.3, 0.4) is 0 Å². The van der Waals surface area contributed by atoms with Crippen molar-refractivity contribution in [3.63, 3.8) is 0 Å². The van der Waals surface area contributed by atoms with Gasteiger partial charge < -0.3 is 16.2 Å². The Labute approximate surface area is 169 Å². The Bertz CT molecular complexity index is 972. The van der Waals surface area contributed by atoms with Crippen molar-refractivity contribution in [3.05, 3.63) is 58.6 Å². The first kappa shape index (κ1) is 18.9. The molecule has 0 atom stereocenters. The molecule has 0 unspecified atom stereocenters. The average Bonchev–Trinajstić information content (AvgIpc) is 2.69. The van der Waals surface area contributed by atoms with E-state index in [0.717, 1.165) is 54.0 Å². The Kier molecular flexibility index (Phi) is 5.62. The van der Waals surface area contributed by atoms with E-state index < -0.39 is 0 Å². The summed E-state index contributed by atoms with van der Waals surface area (Å²) < 4.78 is 6.19. The van der Waals surface area contributed by atoms with Gasteiger partial charge in [-0.15, -0.1) is 0 Å². The number of benzene rings is 2. The first-order valence-corrected chi connectivity index (χ1v) is 9.86. The number of likely N-dealkylation sites (tertiary alicyclic amines) is 1. The fourth-order valence-electron chi connectivity index (χ4n) is 3.73. The molecule has 0 radical (unpaired) electrons. The Morgan fingerprint density at radius 2 is 1.75 bits per heavy atom. The van der Waals surface area contributed by atoms with E-state index >= 15 is 0 Å². The zero-order valence-electron chi connectivity index (χ0n) is 15.6. The van der Waals surface area contributed by atoms with E-state index in [-0.39, 0.29) is 12.1 Å². The number of hydrogen-bond donors (Lipinski definition) is 2. The highest BCUT2D eigenvalue weighted by Crippen LogP contribution is 2.26. The Morgan fingerprint density at radius 3 is 2.54 bits per heavy atom. The van der Waals surface area contributed by atoms with Gasteiger partial charge in [0.05, 0.1) is 18.2 Å². The topological polar surface area (TPSA) is 90.3 Å². The lowest BCUT2D eigenvalue weighted by Gasteiger charge is -2.32. The summed E-state index contributed by atoms with van der Waals surface area (Å²) in [6.45, 7) is 3.36. The maximum absolute atomic E-state index is 6.28.